The minimum atomic E-state index is -0.386. The number of ketones is 2. The van der Waals surface area contributed by atoms with Crippen LogP contribution in [0.5, 0.6) is 11.5 Å². The fraction of sp³-hybridized carbons (Fsp3) is 0.419. The number of methoxy groups -OCH3 is 1. The lowest BCUT2D eigenvalue weighted by Crippen LogP contribution is -2.40. The first kappa shape index (κ1) is 28.4. The predicted octanol–water partition coefficient (Wildman–Crippen LogP) is 7.09. The highest BCUT2D eigenvalue weighted by atomic mass is 127. The highest BCUT2D eigenvalue weighted by Gasteiger charge is 2.43. The Labute approximate surface area is 252 Å². The summed E-state index contributed by atoms with van der Waals surface area (Å²) in [5.74, 6) is 1.20. The van der Waals surface area contributed by atoms with E-state index in [0.717, 1.165) is 67.4 Å². The van der Waals surface area contributed by atoms with E-state index in [1.54, 1.807) is 7.11 Å². The van der Waals surface area contributed by atoms with Gasteiger partial charge in [-0.05, 0) is 90.6 Å². The molecule has 0 saturated heterocycles. The van der Waals surface area contributed by atoms with Crippen LogP contribution in [-0.4, -0.2) is 43.3 Å². The number of hydrogen-bond acceptors (Lipinski definition) is 6. The summed E-state index contributed by atoms with van der Waals surface area (Å²) in [6.07, 6.45) is 4.33. The molecule has 0 atom stereocenters. The lowest BCUT2D eigenvalue weighted by molar-refractivity contribution is -0.117. The fourth-order valence-electron chi connectivity index (χ4n) is 5.90. The van der Waals surface area contributed by atoms with E-state index in [-0.39, 0.29) is 17.5 Å². The molecule has 2 aliphatic carbocycles. The summed E-state index contributed by atoms with van der Waals surface area (Å²) in [6.45, 7) is 4.01. The minimum absolute atomic E-state index is 0.136. The van der Waals surface area contributed by atoms with Crippen LogP contribution < -0.4 is 9.47 Å². The first-order chi connectivity index (χ1) is 18.9. The second-order valence-corrected chi connectivity index (χ2v) is 12.1. The molecule has 206 valence electrons. The molecule has 0 spiro atoms. The monoisotopic (exact) mass is 705 g/mol. The van der Waals surface area contributed by atoms with Gasteiger partial charge in [-0.1, -0.05) is 28.1 Å². The Bertz CT molecular complexity index is 1290. The Hall–Kier alpha value is -2.17. The standard InChI is InChI=1S/C31H33BrINO5/c1-3-38-27-17-20(16-22(33)31(27)39-18-19-10-12-21(32)13-11-19)28-29-23(6-4-8-25(29)35)34(14-15-37-2)24-7-5-9-26(36)30(24)28/h10-13,16-17,28H,3-9,14-15,18H2,1-2H3. The second kappa shape index (κ2) is 12.6. The molecular formula is C31H33BrINO5. The zero-order chi connectivity index (χ0) is 27.5. The zero-order valence-corrected chi connectivity index (χ0v) is 26.1. The van der Waals surface area contributed by atoms with E-state index >= 15 is 0 Å². The van der Waals surface area contributed by atoms with Crippen LogP contribution in [-0.2, 0) is 20.9 Å². The SMILES string of the molecule is CCOc1cc(C2C3=C(CCCC3=O)N(CCOC)C3=C2C(=O)CCC3)cc(I)c1OCc1ccc(Br)cc1. The number of rotatable bonds is 9. The van der Waals surface area contributed by atoms with E-state index in [1.165, 1.54) is 0 Å². The largest absolute Gasteiger partial charge is 0.490 e. The van der Waals surface area contributed by atoms with Crippen molar-refractivity contribution in [3.05, 3.63) is 78.1 Å². The van der Waals surface area contributed by atoms with Crippen molar-refractivity contribution in [2.45, 2.75) is 58.0 Å². The maximum atomic E-state index is 13.5. The molecule has 0 saturated carbocycles. The first-order valence-electron chi connectivity index (χ1n) is 13.5. The molecular weight excluding hydrogens is 673 g/mol. The maximum Gasteiger partial charge on any atom is 0.174 e. The van der Waals surface area contributed by atoms with Crippen LogP contribution in [0.25, 0.3) is 0 Å². The van der Waals surface area contributed by atoms with Crippen molar-refractivity contribution in [2.24, 2.45) is 0 Å². The number of ether oxygens (including phenoxy) is 3. The second-order valence-electron chi connectivity index (χ2n) is 10.0. The highest BCUT2D eigenvalue weighted by Crippen LogP contribution is 2.50. The smallest absolute Gasteiger partial charge is 0.174 e. The number of hydrogen-bond donors (Lipinski definition) is 0. The molecule has 0 radical (unpaired) electrons. The molecule has 0 fully saturated rings. The van der Waals surface area contributed by atoms with Gasteiger partial charge in [0.15, 0.2) is 23.1 Å². The van der Waals surface area contributed by atoms with E-state index in [4.69, 9.17) is 14.2 Å². The summed E-state index contributed by atoms with van der Waals surface area (Å²) >= 11 is 5.76. The summed E-state index contributed by atoms with van der Waals surface area (Å²) in [6, 6.07) is 12.1. The van der Waals surface area contributed by atoms with Crippen LogP contribution in [0.3, 0.4) is 0 Å². The van der Waals surface area contributed by atoms with Gasteiger partial charge < -0.3 is 19.1 Å². The molecule has 2 aromatic rings. The van der Waals surface area contributed by atoms with Crippen LogP contribution in [0.2, 0.25) is 0 Å². The van der Waals surface area contributed by atoms with Gasteiger partial charge in [0.25, 0.3) is 0 Å². The maximum absolute atomic E-state index is 13.5. The van der Waals surface area contributed by atoms with Crippen LogP contribution in [0.1, 0.15) is 62.5 Å². The van der Waals surface area contributed by atoms with Gasteiger partial charge in [-0.3, -0.25) is 9.59 Å². The Morgan fingerprint density at radius 3 is 2.18 bits per heavy atom. The third-order valence-corrected chi connectivity index (χ3v) is 8.90. The van der Waals surface area contributed by atoms with Crippen LogP contribution in [0.15, 0.2) is 63.4 Å². The van der Waals surface area contributed by atoms with Crippen molar-refractivity contribution in [3.63, 3.8) is 0 Å². The lowest BCUT2D eigenvalue weighted by atomic mass is 9.71. The van der Waals surface area contributed by atoms with Crippen molar-refractivity contribution in [3.8, 4) is 11.5 Å². The number of Topliss-reactive ketones (excluding diaryl/α,β-unsaturated/α-hetero) is 2. The molecule has 3 aliphatic rings. The molecule has 0 bridgehead atoms. The predicted molar refractivity (Wildman–Crippen MR) is 162 cm³/mol. The van der Waals surface area contributed by atoms with Crippen LogP contribution >= 0.6 is 38.5 Å². The number of nitrogens with zero attached hydrogens (tertiary/aromatic N) is 1. The molecule has 1 heterocycles. The topological polar surface area (TPSA) is 65.1 Å². The van der Waals surface area contributed by atoms with Crippen molar-refractivity contribution < 1.29 is 23.8 Å². The van der Waals surface area contributed by atoms with Gasteiger partial charge >= 0.3 is 0 Å². The van der Waals surface area contributed by atoms with Gasteiger partial charge in [0.2, 0.25) is 0 Å². The molecule has 0 amide bonds. The first-order valence-corrected chi connectivity index (χ1v) is 15.4. The van der Waals surface area contributed by atoms with Gasteiger partial charge in [-0.2, -0.15) is 0 Å². The molecule has 0 N–H and O–H groups in total. The lowest BCUT2D eigenvalue weighted by Gasteiger charge is -2.44. The van der Waals surface area contributed by atoms with Crippen molar-refractivity contribution >= 4 is 50.1 Å². The van der Waals surface area contributed by atoms with Gasteiger partial charge in [0, 0.05) is 59.4 Å². The van der Waals surface area contributed by atoms with Crippen molar-refractivity contribution in [1.82, 2.24) is 4.90 Å². The molecule has 2 aromatic carbocycles. The van der Waals surface area contributed by atoms with Crippen LogP contribution in [0, 0.1) is 3.57 Å². The Morgan fingerprint density at radius 2 is 1.59 bits per heavy atom. The van der Waals surface area contributed by atoms with Gasteiger partial charge in [-0.25, -0.2) is 0 Å². The fourth-order valence-corrected chi connectivity index (χ4v) is 6.94. The quantitative estimate of drug-likeness (QED) is 0.260. The van der Waals surface area contributed by atoms with E-state index in [9.17, 15) is 9.59 Å². The summed E-state index contributed by atoms with van der Waals surface area (Å²) < 4.78 is 19.7. The average Bonchev–Trinajstić information content (AvgIpc) is 2.92. The molecule has 6 nitrogen and oxygen atoms in total. The summed E-state index contributed by atoms with van der Waals surface area (Å²) in [5, 5.41) is 0. The van der Waals surface area contributed by atoms with Gasteiger partial charge in [-0.15, -0.1) is 0 Å². The Kier molecular flexibility index (Phi) is 9.13. The van der Waals surface area contributed by atoms with Crippen LogP contribution in [0.4, 0.5) is 0 Å². The summed E-state index contributed by atoms with van der Waals surface area (Å²) in [4.78, 5) is 29.3. The van der Waals surface area contributed by atoms with Gasteiger partial charge in [0.05, 0.1) is 16.8 Å². The zero-order valence-electron chi connectivity index (χ0n) is 22.4. The third kappa shape index (κ3) is 5.84. The molecule has 0 aromatic heterocycles. The number of carbonyl (C=O) groups is 2. The highest BCUT2D eigenvalue weighted by molar-refractivity contribution is 14.1. The molecule has 39 heavy (non-hydrogen) atoms. The Morgan fingerprint density at radius 1 is 0.949 bits per heavy atom. The van der Waals surface area contributed by atoms with Crippen molar-refractivity contribution in [2.75, 3.05) is 26.9 Å². The van der Waals surface area contributed by atoms with E-state index in [0.29, 0.717) is 50.7 Å². The van der Waals surface area contributed by atoms with E-state index < -0.39 is 0 Å². The molecule has 5 rings (SSSR count). The molecule has 8 heteroatoms. The summed E-state index contributed by atoms with van der Waals surface area (Å²) in [7, 11) is 1.69. The molecule has 1 aliphatic heterocycles. The normalized spacial score (nSPS) is 17.9. The average molecular weight is 706 g/mol. The van der Waals surface area contributed by atoms with E-state index in [2.05, 4.69) is 49.5 Å². The van der Waals surface area contributed by atoms with Crippen molar-refractivity contribution in [1.29, 1.82) is 0 Å². The number of halogens is 2. The third-order valence-electron chi connectivity index (χ3n) is 7.57. The molecule has 0 unspecified atom stereocenters. The number of carbonyl (C=O) groups excluding carboxylic acids is 2. The van der Waals surface area contributed by atoms with Gasteiger partial charge in [0.1, 0.15) is 6.61 Å². The Balaban J connectivity index is 1.60. The number of benzene rings is 2. The summed E-state index contributed by atoms with van der Waals surface area (Å²) in [5.41, 5.74) is 5.63. The minimum Gasteiger partial charge on any atom is -0.490 e. The number of allylic oxidation sites excluding steroid dienone is 4. The van der Waals surface area contributed by atoms with E-state index in [1.807, 2.05) is 37.3 Å².